The molecule has 0 aliphatic rings. The Labute approximate surface area is 309 Å². The number of phosphoric acid groups is 1. The van der Waals surface area contributed by atoms with Gasteiger partial charge in [-0.15, -0.1) is 0 Å². The predicted molar refractivity (Wildman–Crippen MR) is 205 cm³/mol. The van der Waals surface area contributed by atoms with Crippen molar-refractivity contribution < 1.29 is 47.8 Å². The van der Waals surface area contributed by atoms with Crippen molar-refractivity contribution in [1.29, 1.82) is 0 Å². The molecule has 51 heavy (non-hydrogen) atoms. The topological polar surface area (TPSA) is 149 Å². The van der Waals surface area contributed by atoms with Gasteiger partial charge in [-0.1, -0.05) is 140 Å². The first kappa shape index (κ1) is 48.9. The van der Waals surface area contributed by atoms with Crippen LogP contribution in [0.2, 0.25) is 0 Å². The molecule has 0 amide bonds. The van der Waals surface area contributed by atoms with Gasteiger partial charge in [0.1, 0.15) is 12.2 Å². The normalized spacial score (nSPS) is 14.5. The lowest BCUT2D eigenvalue weighted by atomic mass is 10.1. The maximum absolute atomic E-state index is 12.3. The molecule has 296 valence electrons. The quantitative estimate of drug-likeness (QED) is 0.0245. The molecular formula is C40H71O10P. The number of carbonyl (C=O) groups is 2. The monoisotopic (exact) mass is 742 g/mol. The minimum absolute atomic E-state index is 0.182. The lowest BCUT2D eigenvalue weighted by Crippen LogP contribution is -2.28. The SMILES string of the molecule is CC/C=C\C/C=C\C/C=C\C/C=C\CCCCCCCCCCC(=O)OC(CO)COP(=O)(O)OCC(CO)OC(=O)CCCCCCCCC. The van der Waals surface area contributed by atoms with Crippen molar-refractivity contribution in [3.05, 3.63) is 48.6 Å². The molecule has 0 heterocycles. The molecule has 0 fully saturated rings. The maximum Gasteiger partial charge on any atom is 0.472 e. The van der Waals surface area contributed by atoms with Crippen LogP contribution in [0.1, 0.15) is 155 Å². The second-order valence-corrected chi connectivity index (χ2v) is 14.3. The van der Waals surface area contributed by atoms with Crippen molar-refractivity contribution in [2.24, 2.45) is 0 Å². The molecule has 3 unspecified atom stereocenters. The standard InChI is InChI=1S/C40H71O10P/c1-3-5-7-9-11-12-13-14-15-16-17-18-19-20-21-22-23-24-26-28-30-32-40(44)50-38(34-42)36-48-51(45,46)47-35-37(33-41)49-39(43)31-29-27-25-10-8-6-4-2/h5,7,11-12,14-15,17-18,37-38,41-42H,3-4,6,8-10,13,16,19-36H2,1-2H3,(H,45,46)/b7-5-,12-11-,15-14-,18-17-. The lowest BCUT2D eigenvalue weighted by molar-refractivity contribution is -0.153. The number of esters is 2. The van der Waals surface area contributed by atoms with E-state index < -0.39 is 58.4 Å². The molecule has 0 aromatic carbocycles. The van der Waals surface area contributed by atoms with Gasteiger partial charge in [-0.2, -0.15) is 0 Å². The Balaban J connectivity index is 3.91. The van der Waals surface area contributed by atoms with Gasteiger partial charge in [-0.3, -0.25) is 18.6 Å². The fraction of sp³-hybridized carbons (Fsp3) is 0.750. The van der Waals surface area contributed by atoms with Crippen molar-refractivity contribution in [2.75, 3.05) is 26.4 Å². The molecule has 0 aromatic rings. The van der Waals surface area contributed by atoms with Crippen LogP contribution in [-0.2, 0) is 32.7 Å². The Hall–Kier alpha value is -2.07. The van der Waals surface area contributed by atoms with E-state index in [4.69, 9.17) is 18.5 Å². The highest BCUT2D eigenvalue weighted by atomic mass is 31.2. The minimum atomic E-state index is -4.63. The van der Waals surface area contributed by atoms with E-state index in [1.807, 2.05) is 0 Å². The van der Waals surface area contributed by atoms with Gasteiger partial charge in [0.05, 0.1) is 26.4 Å². The fourth-order valence-electron chi connectivity index (χ4n) is 5.05. The molecule has 0 aliphatic heterocycles. The van der Waals surface area contributed by atoms with Crippen LogP contribution in [0.3, 0.4) is 0 Å². The summed E-state index contributed by atoms with van der Waals surface area (Å²) in [6.07, 6.45) is 36.9. The Kier molecular flexibility index (Phi) is 34.8. The third kappa shape index (κ3) is 34.8. The summed E-state index contributed by atoms with van der Waals surface area (Å²) >= 11 is 0. The van der Waals surface area contributed by atoms with Crippen LogP contribution >= 0.6 is 7.82 Å². The van der Waals surface area contributed by atoms with Gasteiger partial charge in [-0.05, 0) is 51.4 Å². The third-order valence-electron chi connectivity index (χ3n) is 8.06. The van der Waals surface area contributed by atoms with Gasteiger partial charge in [0.15, 0.2) is 0 Å². The first-order valence-electron chi connectivity index (χ1n) is 19.6. The van der Waals surface area contributed by atoms with E-state index in [0.29, 0.717) is 12.8 Å². The van der Waals surface area contributed by atoms with E-state index in [2.05, 4.69) is 62.5 Å². The second kappa shape index (κ2) is 36.3. The molecule has 0 aliphatic carbocycles. The van der Waals surface area contributed by atoms with Crippen LogP contribution in [0.15, 0.2) is 48.6 Å². The van der Waals surface area contributed by atoms with E-state index in [-0.39, 0.29) is 12.8 Å². The zero-order valence-corrected chi connectivity index (χ0v) is 32.7. The summed E-state index contributed by atoms with van der Waals surface area (Å²) in [4.78, 5) is 34.2. The number of unbranched alkanes of at least 4 members (excludes halogenated alkanes) is 14. The number of aliphatic hydroxyl groups is 2. The summed E-state index contributed by atoms with van der Waals surface area (Å²) in [5.41, 5.74) is 0. The smallest absolute Gasteiger partial charge is 0.457 e. The second-order valence-electron chi connectivity index (χ2n) is 12.9. The first-order chi connectivity index (χ1) is 24.8. The highest BCUT2D eigenvalue weighted by Gasteiger charge is 2.27. The predicted octanol–water partition coefficient (Wildman–Crippen LogP) is 9.78. The van der Waals surface area contributed by atoms with Crippen LogP contribution < -0.4 is 0 Å². The summed E-state index contributed by atoms with van der Waals surface area (Å²) in [7, 11) is -4.63. The number of carbonyl (C=O) groups excluding carboxylic acids is 2. The Morgan fingerprint density at radius 1 is 0.549 bits per heavy atom. The number of ether oxygens (including phenoxy) is 2. The number of allylic oxidation sites excluding steroid dienone is 8. The summed E-state index contributed by atoms with van der Waals surface area (Å²) in [5.74, 6) is -1.04. The Morgan fingerprint density at radius 3 is 1.33 bits per heavy atom. The van der Waals surface area contributed by atoms with Crippen LogP contribution in [-0.4, -0.2) is 65.7 Å². The number of rotatable bonds is 36. The zero-order chi connectivity index (χ0) is 37.7. The molecule has 3 atom stereocenters. The van der Waals surface area contributed by atoms with Gasteiger partial charge in [-0.25, -0.2) is 4.57 Å². The fourth-order valence-corrected chi connectivity index (χ4v) is 5.83. The van der Waals surface area contributed by atoms with E-state index in [9.17, 15) is 29.3 Å². The lowest BCUT2D eigenvalue weighted by Gasteiger charge is -2.20. The number of phosphoric ester groups is 1. The first-order valence-corrected chi connectivity index (χ1v) is 21.1. The van der Waals surface area contributed by atoms with E-state index in [0.717, 1.165) is 70.6 Å². The van der Waals surface area contributed by atoms with E-state index in [1.165, 1.54) is 44.9 Å². The number of hydrogen-bond acceptors (Lipinski definition) is 9. The van der Waals surface area contributed by atoms with Gasteiger partial charge in [0.2, 0.25) is 0 Å². The molecule has 0 aromatic heterocycles. The molecule has 10 nitrogen and oxygen atoms in total. The highest BCUT2D eigenvalue weighted by molar-refractivity contribution is 7.47. The Morgan fingerprint density at radius 2 is 0.922 bits per heavy atom. The molecule has 11 heteroatoms. The van der Waals surface area contributed by atoms with Crippen molar-refractivity contribution in [3.8, 4) is 0 Å². The summed E-state index contributed by atoms with van der Waals surface area (Å²) in [6, 6.07) is 0. The molecule has 0 bridgehead atoms. The van der Waals surface area contributed by atoms with Gasteiger partial charge >= 0.3 is 19.8 Å². The van der Waals surface area contributed by atoms with Crippen molar-refractivity contribution in [2.45, 2.75) is 167 Å². The highest BCUT2D eigenvalue weighted by Crippen LogP contribution is 2.43. The molecule has 0 spiro atoms. The molecule has 0 rings (SSSR count). The van der Waals surface area contributed by atoms with Crippen LogP contribution in [0.4, 0.5) is 0 Å². The molecule has 0 saturated carbocycles. The maximum atomic E-state index is 12.3. The molecular weight excluding hydrogens is 671 g/mol. The van der Waals surface area contributed by atoms with Crippen LogP contribution in [0.25, 0.3) is 0 Å². The van der Waals surface area contributed by atoms with Gasteiger partial charge < -0.3 is 24.6 Å². The van der Waals surface area contributed by atoms with Crippen molar-refractivity contribution in [3.63, 3.8) is 0 Å². The average Bonchev–Trinajstić information content (AvgIpc) is 3.12. The van der Waals surface area contributed by atoms with E-state index >= 15 is 0 Å². The summed E-state index contributed by atoms with van der Waals surface area (Å²) in [5, 5.41) is 19.0. The summed E-state index contributed by atoms with van der Waals surface area (Å²) in [6.45, 7) is 2.01. The Bertz CT molecular complexity index is 994. The average molecular weight is 743 g/mol. The van der Waals surface area contributed by atoms with Gasteiger partial charge in [0, 0.05) is 12.8 Å². The summed E-state index contributed by atoms with van der Waals surface area (Å²) < 4.78 is 32.3. The van der Waals surface area contributed by atoms with Crippen LogP contribution in [0, 0.1) is 0 Å². The van der Waals surface area contributed by atoms with Crippen molar-refractivity contribution in [1.82, 2.24) is 0 Å². The van der Waals surface area contributed by atoms with Crippen LogP contribution in [0.5, 0.6) is 0 Å². The van der Waals surface area contributed by atoms with Crippen molar-refractivity contribution >= 4 is 19.8 Å². The van der Waals surface area contributed by atoms with Gasteiger partial charge in [0.25, 0.3) is 0 Å². The third-order valence-corrected chi connectivity index (χ3v) is 9.01. The minimum Gasteiger partial charge on any atom is -0.457 e. The zero-order valence-electron chi connectivity index (χ0n) is 31.8. The molecule has 3 N–H and O–H groups in total. The molecule has 0 radical (unpaired) electrons. The number of aliphatic hydroxyl groups excluding tert-OH is 2. The van der Waals surface area contributed by atoms with E-state index in [1.54, 1.807) is 0 Å². The number of hydrogen-bond donors (Lipinski definition) is 3. The largest absolute Gasteiger partial charge is 0.472 e. The molecule has 0 saturated heterocycles.